The molecule has 29 heavy (non-hydrogen) atoms. The number of piperazine rings is 1. The highest BCUT2D eigenvalue weighted by Gasteiger charge is 2.25. The summed E-state index contributed by atoms with van der Waals surface area (Å²) in [6.45, 7) is 1.71. The van der Waals surface area contributed by atoms with Crippen LogP contribution in [0.4, 0.5) is 10.1 Å². The van der Waals surface area contributed by atoms with Crippen LogP contribution in [0.15, 0.2) is 41.3 Å². The Labute approximate surface area is 182 Å². The van der Waals surface area contributed by atoms with E-state index in [2.05, 4.69) is 0 Å². The molecule has 9 heteroatoms. The number of nitrogens with zero attached hydrogens (tertiary/aromatic N) is 2. The molecule has 2 aromatic rings. The monoisotopic (exact) mass is 530 g/mol. The number of hydrogen-bond acceptors (Lipinski definition) is 5. The molecule has 0 N–H and O–H groups in total. The average molecular weight is 530 g/mol. The van der Waals surface area contributed by atoms with Gasteiger partial charge < -0.3 is 14.6 Å². The third kappa shape index (κ3) is 4.95. The zero-order valence-electron chi connectivity index (χ0n) is 15.8. The summed E-state index contributed by atoms with van der Waals surface area (Å²) in [5, 5.41) is 0. The molecule has 0 atom stereocenters. The zero-order chi connectivity index (χ0) is 21.2. The van der Waals surface area contributed by atoms with E-state index in [1.807, 2.05) is 27.5 Å². The molecule has 2 aromatic carbocycles. The first kappa shape index (κ1) is 21.7. The van der Waals surface area contributed by atoms with Crippen LogP contribution in [0.25, 0.3) is 0 Å². The summed E-state index contributed by atoms with van der Waals surface area (Å²) in [4.78, 5) is 27.1. The molecular formula is C20H20FIN2O4S. The molecule has 154 valence electrons. The second-order valence-electron chi connectivity index (χ2n) is 6.85. The van der Waals surface area contributed by atoms with Gasteiger partial charge in [0.25, 0.3) is 5.91 Å². The standard InChI is InChI=1S/C20H20FIN2O4S/c1-29(27,28)15-3-4-18(22)16(13-15)20(26)24-9-7-23(8-10-24)19-5-2-14(6-11-25)12-17(19)21/h2-5,11-13H,6-10H2,1H3. The molecule has 1 heterocycles. The number of carbonyl (C=O) groups excluding carboxylic acids is 2. The van der Waals surface area contributed by atoms with Crippen molar-refractivity contribution in [3.63, 3.8) is 0 Å². The lowest BCUT2D eigenvalue weighted by molar-refractivity contribution is -0.107. The maximum Gasteiger partial charge on any atom is 0.255 e. The minimum absolute atomic E-state index is 0.109. The first-order valence-corrected chi connectivity index (χ1v) is 11.9. The first-order valence-electron chi connectivity index (χ1n) is 8.96. The molecule has 0 radical (unpaired) electrons. The van der Waals surface area contributed by atoms with Crippen LogP contribution in [0.2, 0.25) is 0 Å². The summed E-state index contributed by atoms with van der Waals surface area (Å²) in [7, 11) is -3.41. The number of aldehydes is 1. The van der Waals surface area contributed by atoms with Gasteiger partial charge in [-0.15, -0.1) is 0 Å². The molecule has 0 spiro atoms. The van der Waals surface area contributed by atoms with E-state index < -0.39 is 9.84 Å². The van der Waals surface area contributed by atoms with Gasteiger partial charge in [0.05, 0.1) is 16.1 Å². The zero-order valence-corrected chi connectivity index (χ0v) is 18.7. The van der Waals surface area contributed by atoms with E-state index in [1.165, 1.54) is 18.2 Å². The lowest BCUT2D eigenvalue weighted by Crippen LogP contribution is -2.49. The maximum atomic E-state index is 14.4. The molecule has 1 amide bonds. The van der Waals surface area contributed by atoms with Gasteiger partial charge in [0.2, 0.25) is 0 Å². The second-order valence-corrected chi connectivity index (χ2v) is 10.0. The van der Waals surface area contributed by atoms with Gasteiger partial charge in [0.15, 0.2) is 9.84 Å². The van der Waals surface area contributed by atoms with Gasteiger partial charge in [-0.05, 0) is 58.5 Å². The Morgan fingerprint density at radius 2 is 1.83 bits per heavy atom. The van der Waals surface area contributed by atoms with Crippen LogP contribution in [-0.4, -0.2) is 57.9 Å². The third-order valence-electron chi connectivity index (χ3n) is 4.84. The Hall–Kier alpha value is -2.01. The van der Waals surface area contributed by atoms with Crippen molar-refractivity contribution >= 4 is 50.3 Å². The van der Waals surface area contributed by atoms with E-state index in [4.69, 9.17) is 0 Å². The topological polar surface area (TPSA) is 74.8 Å². The fourth-order valence-electron chi connectivity index (χ4n) is 3.25. The molecule has 0 aromatic heterocycles. The van der Waals surface area contributed by atoms with Crippen LogP contribution in [-0.2, 0) is 21.1 Å². The summed E-state index contributed by atoms with van der Waals surface area (Å²) >= 11 is 2.02. The fraction of sp³-hybridized carbons (Fsp3) is 0.300. The van der Waals surface area contributed by atoms with Crippen molar-refractivity contribution in [3.05, 3.63) is 56.9 Å². The van der Waals surface area contributed by atoms with Gasteiger partial charge >= 0.3 is 0 Å². The van der Waals surface area contributed by atoms with Crippen LogP contribution in [0, 0.1) is 9.39 Å². The number of carbonyl (C=O) groups is 2. The van der Waals surface area contributed by atoms with Crippen LogP contribution in [0.5, 0.6) is 0 Å². The molecule has 6 nitrogen and oxygen atoms in total. The highest BCUT2D eigenvalue weighted by Crippen LogP contribution is 2.24. The Kier molecular flexibility index (Phi) is 6.57. The van der Waals surface area contributed by atoms with Gasteiger partial charge in [-0.2, -0.15) is 0 Å². The van der Waals surface area contributed by atoms with E-state index in [9.17, 15) is 22.4 Å². The molecular weight excluding hydrogens is 510 g/mol. The summed E-state index contributed by atoms with van der Waals surface area (Å²) in [5.41, 5.74) is 1.42. The lowest BCUT2D eigenvalue weighted by Gasteiger charge is -2.36. The fourth-order valence-corrected chi connectivity index (χ4v) is 4.46. The number of anilines is 1. The molecule has 1 fully saturated rings. The van der Waals surface area contributed by atoms with Crippen molar-refractivity contribution in [2.24, 2.45) is 0 Å². The number of hydrogen-bond donors (Lipinski definition) is 0. The second kappa shape index (κ2) is 8.78. The predicted molar refractivity (Wildman–Crippen MR) is 117 cm³/mol. The van der Waals surface area contributed by atoms with Crippen molar-refractivity contribution in [1.29, 1.82) is 0 Å². The largest absolute Gasteiger partial charge is 0.366 e. The summed E-state index contributed by atoms with van der Waals surface area (Å²) < 4.78 is 38.7. The number of rotatable bonds is 5. The number of sulfone groups is 1. The van der Waals surface area contributed by atoms with Gasteiger partial charge in [-0.1, -0.05) is 6.07 Å². The molecule has 0 saturated carbocycles. The van der Waals surface area contributed by atoms with Crippen molar-refractivity contribution in [2.75, 3.05) is 37.3 Å². The van der Waals surface area contributed by atoms with Crippen LogP contribution in [0.1, 0.15) is 15.9 Å². The number of halogens is 2. The molecule has 1 saturated heterocycles. The lowest BCUT2D eigenvalue weighted by atomic mass is 10.1. The van der Waals surface area contributed by atoms with Crippen molar-refractivity contribution in [1.82, 2.24) is 4.90 Å². The number of benzene rings is 2. The quantitative estimate of drug-likeness (QED) is 0.439. The minimum atomic E-state index is -3.41. The van der Waals surface area contributed by atoms with E-state index in [0.717, 1.165) is 12.5 Å². The van der Waals surface area contributed by atoms with Crippen molar-refractivity contribution in [2.45, 2.75) is 11.3 Å². The van der Waals surface area contributed by atoms with Gasteiger partial charge in [0, 0.05) is 42.4 Å². The maximum absolute atomic E-state index is 14.4. The third-order valence-corrected chi connectivity index (χ3v) is 6.89. The molecule has 0 unspecified atom stereocenters. The molecule has 1 aliphatic rings. The van der Waals surface area contributed by atoms with E-state index >= 15 is 0 Å². The Bertz CT molecular complexity index is 1050. The normalized spacial score (nSPS) is 14.7. The smallest absolute Gasteiger partial charge is 0.255 e. The van der Waals surface area contributed by atoms with Crippen LogP contribution < -0.4 is 4.90 Å². The first-order chi connectivity index (χ1) is 13.7. The van der Waals surface area contributed by atoms with Crippen molar-refractivity contribution in [3.8, 4) is 0 Å². The van der Waals surface area contributed by atoms with Gasteiger partial charge in [-0.3, -0.25) is 4.79 Å². The summed E-state index contributed by atoms with van der Waals surface area (Å²) in [6.07, 6.45) is 2.01. The highest BCUT2D eigenvalue weighted by atomic mass is 127. The highest BCUT2D eigenvalue weighted by molar-refractivity contribution is 14.1. The minimum Gasteiger partial charge on any atom is -0.366 e. The van der Waals surface area contributed by atoms with Gasteiger partial charge in [-0.25, -0.2) is 12.8 Å². The molecule has 0 bridgehead atoms. The average Bonchev–Trinajstić information content (AvgIpc) is 2.67. The number of amides is 1. The van der Waals surface area contributed by atoms with E-state index in [-0.39, 0.29) is 23.0 Å². The Morgan fingerprint density at radius 1 is 1.14 bits per heavy atom. The molecule has 0 aliphatic carbocycles. The Morgan fingerprint density at radius 3 is 2.41 bits per heavy atom. The van der Waals surface area contributed by atoms with Gasteiger partial charge in [0.1, 0.15) is 12.1 Å². The predicted octanol–water partition coefficient (Wildman–Crippen LogP) is 2.54. The van der Waals surface area contributed by atoms with E-state index in [1.54, 1.807) is 23.1 Å². The van der Waals surface area contributed by atoms with Crippen LogP contribution >= 0.6 is 22.6 Å². The van der Waals surface area contributed by atoms with E-state index in [0.29, 0.717) is 46.6 Å². The summed E-state index contributed by atoms with van der Waals surface area (Å²) in [5.74, 6) is -0.624. The Balaban J connectivity index is 1.73. The summed E-state index contributed by atoms with van der Waals surface area (Å²) in [6, 6.07) is 9.27. The van der Waals surface area contributed by atoms with Crippen LogP contribution in [0.3, 0.4) is 0 Å². The molecule has 3 rings (SSSR count). The SMILES string of the molecule is CS(=O)(=O)c1ccc(I)c(C(=O)N2CCN(c3ccc(CC=O)cc3F)CC2)c1. The molecule has 1 aliphatic heterocycles. The van der Waals surface area contributed by atoms with Crippen molar-refractivity contribution < 1.29 is 22.4 Å².